The molecule has 1 aromatic rings. The number of benzene rings is 1. The van der Waals surface area contributed by atoms with Gasteiger partial charge in [-0.05, 0) is 0 Å². The molecule has 8 heavy (non-hydrogen) atoms. The Bertz CT molecular complexity index is 150. The van der Waals surface area contributed by atoms with Gasteiger partial charge in [0.2, 0.25) is 0 Å². The van der Waals surface area contributed by atoms with Crippen LogP contribution in [0.25, 0.3) is 0 Å². The van der Waals surface area contributed by atoms with Crippen molar-refractivity contribution in [3.8, 4) is 0 Å². The zero-order valence-electron chi connectivity index (χ0n) is 4.21. The SMILES string of the molecule is I[As]c1ccccc1. The molecule has 0 saturated carbocycles. The molecule has 0 atom stereocenters. The molecule has 0 amide bonds. The Morgan fingerprint density at radius 1 is 1.12 bits per heavy atom. The molecule has 1 rings (SSSR count). The Balaban J connectivity index is 2.83. The van der Waals surface area contributed by atoms with Gasteiger partial charge in [0, 0.05) is 0 Å². The normalized spacial score (nSPS) is 10.6. The molecule has 0 aliphatic heterocycles. The fraction of sp³-hybridized carbons (Fsp3) is 0. The van der Waals surface area contributed by atoms with Gasteiger partial charge in [0.25, 0.3) is 0 Å². The first-order valence-corrected chi connectivity index (χ1v) is 8.96. The maximum absolute atomic E-state index is 2.45. The Labute approximate surface area is 66.9 Å². The van der Waals surface area contributed by atoms with E-state index in [2.05, 4.69) is 50.5 Å². The number of halogens is 1. The standard InChI is InChI=1S/C6H5AsI/c8-7-6-4-2-1-3-5-6/h1-5H. The fourth-order valence-electron chi connectivity index (χ4n) is 0.484. The van der Waals surface area contributed by atoms with E-state index in [1.807, 2.05) is 0 Å². The van der Waals surface area contributed by atoms with Crippen molar-refractivity contribution in [2.75, 3.05) is 0 Å². The molecule has 0 aliphatic carbocycles. The van der Waals surface area contributed by atoms with Crippen LogP contribution in [0, 0.1) is 0 Å². The predicted octanol–water partition coefficient (Wildman–Crippen LogP) is 1.37. The summed E-state index contributed by atoms with van der Waals surface area (Å²) in [6.07, 6.45) is 0. The Hall–Kier alpha value is 0.508. The molecular formula is C6H5AsI. The van der Waals surface area contributed by atoms with E-state index in [1.54, 1.807) is 0 Å². The third kappa shape index (κ3) is 1.79. The predicted molar refractivity (Wildman–Crippen MR) is 45.9 cm³/mol. The van der Waals surface area contributed by atoms with E-state index >= 15 is 0 Å². The summed E-state index contributed by atoms with van der Waals surface area (Å²) in [5.41, 5.74) is 0. The summed E-state index contributed by atoms with van der Waals surface area (Å²) in [7, 11) is 0. The van der Waals surface area contributed by atoms with Gasteiger partial charge in [-0.15, -0.1) is 0 Å². The van der Waals surface area contributed by atoms with E-state index in [4.69, 9.17) is 0 Å². The second-order valence-electron chi connectivity index (χ2n) is 1.42. The minimum atomic E-state index is 0.402. The van der Waals surface area contributed by atoms with Crippen LogP contribution in [0.4, 0.5) is 0 Å². The van der Waals surface area contributed by atoms with Gasteiger partial charge in [-0.3, -0.25) is 0 Å². The second kappa shape index (κ2) is 3.52. The molecule has 0 heterocycles. The van der Waals surface area contributed by atoms with Crippen LogP contribution in [-0.2, 0) is 0 Å². The molecule has 1 radical (unpaired) electrons. The first kappa shape index (κ1) is 6.63. The number of hydrogen-bond donors (Lipinski definition) is 0. The zero-order valence-corrected chi connectivity index (χ0v) is 8.25. The van der Waals surface area contributed by atoms with E-state index in [-0.39, 0.29) is 0 Å². The van der Waals surface area contributed by atoms with Crippen molar-refractivity contribution in [3.05, 3.63) is 30.3 Å². The Morgan fingerprint density at radius 3 is 2.12 bits per heavy atom. The van der Waals surface area contributed by atoms with Crippen molar-refractivity contribution < 1.29 is 0 Å². The molecule has 2 heteroatoms. The number of hydrogen-bond acceptors (Lipinski definition) is 0. The molecule has 0 bridgehead atoms. The molecular weight excluding hydrogens is 274 g/mol. The summed E-state index contributed by atoms with van der Waals surface area (Å²) in [6, 6.07) is 10.6. The minimum absolute atomic E-state index is 0.402. The average Bonchev–Trinajstić information content (AvgIpc) is 1.90. The van der Waals surface area contributed by atoms with Crippen molar-refractivity contribution in [3.63, 3.8) is 0 Å². The van der Waals surface area contributed by atoms with Gasteiger partial charge in [0.15, 0.2) is 0 Å². The summed E-state index contributed by atoms with van der Waals surface area (Å²) < 4.78 is 1.49. The third-order valence-electron chi connectivity index (χ3n) is 0.854. The fourth-order valence-corrected chi connectivity index (χ4v) is 2.75. The van der Waals surface area contributed by atoms with Crippen LogP contribution in [0.3, 0.4) is 0 Å². The van der Waals surface area contributed by atoms with Crippen molar-refractivity contribution in [2.45, 2.75) is 0 Å². The van der Waals surface area contributed by atoms with E-state index < -0.39 is 0 Å². The zero-order chi connectivity index (χ0) is 5.82. The number of rotatable bonds is 1. The molecule has 1 aromatic carbocycles. The van der Waals surface area contributed by atoms with Gasteiger partial charge in [0.05, 0.1) is 0 Å². The topological polar surface area (TPSA) is 0 Å². The van der Waals surface area contributed by atoms with Crippen LogP contribution in [0.2, 0.25) is 0 Å². The molecule has 41 valence electrons. The Morgan fingerprint density at radius 2 is 1.75 bits per heavy atom. The van der Waals surface area contributed by atoms with E-state index in [1.165, 1.54) is 4.35 Å². The van der Waals surface area contributed by atoms with Crippen LogP contribution < -0.4 is 4.35 Å². The second-order valence-corrected chi connectivity index (χ2v) is 5.36. The molecule has 0 spiro atoms. The molecule has 0 saturated heterocycles. The van der Waals surface area contributed by atoms with Gasteiger partial charge < -0.3 is 0 Å². The van der Waals surface area contributed by atoms with E-state index in [0.717, 1.165) is 0 Å². The molecule has 0 aromatic heterocycles. The monoisotopic (exact) mass is 279 g/mol. The van der Waals surface area contributed by atoms with Crippen molar-refractivity contribution in [2.24, 2.45) is 0 Å². The van der Waals surface area contributed by atoms with Gasteiger partial charge in [0.1, 0.15) is 0 Å². The summed E-state index contributed by atoms with van der Waals surface area (Å²) in [4.78, 5) is 0. The quantitative estimate of drug-likeness (QED) is 0.538. The van der Waals surface area contributed by atoms with Crippen molar-refractivity contribution >= 4 is 36.9 Å². The van der Waals surface area contributed by atoms with E-state index in [0.29, 0.717) is 12.4 Å². The van der Waals surface area contributed by atoms with Gasteiger partial charge in [-0.1, -0.05) is 0 Å². The molecule has 0 unspecified atom stereocenters. The van der Waals surface area contributed by atoms with Crippen LogP contribution >= 0.6 is 20.1 Å². The van der Waals surface area contributed by atoms with Gasteiger partial charge >= 0.3 is 67.2 Å². The first-order chi connectivity index (χ1) is 3.93. The summed E-state index contributed by atoms with van der Waals surface area (Å²) in [5.74, 6) is 0. The van der Waals surface area contributed by atoms with Crippen LogP contribution in [0.1, 0.15) is 0 Å². The Kier molecular flexibility index (Phi) is 2.91. The summed E-state index contributed by atoms with van der Waals surface area (Å²) in [5, 5.41) is 0. The maximum atomic E-state index is 2.45. The van der Waals surface area contributed by atoms with E-state index in [9.17, 15) is 0 Å². The molecule has 0 aliphatic rings. The average molecular weight is 279 g/mol. The van der Waals surface area contributed by atoms with Crippen molar-refractivity contribution in [1.82, 2.24) is 0 Å². The van der Waals surface area contributed by atoms with Crippen LogP contribution in [0.5, 0.6) is 0 Å². The molecule has 0 N–H and O–H groups in total. The molecule has 0 fully saturated rings. The van der Waals surface area contributed by atoms with Gasteiger partial charge in [-0.2, -0.15) is 0 Å². The summed E-state index contributed by atoms with van der Waals surface area (Å²) >= 11 is 2.85. The van der Waals surface area contributed by atoms with Crippen molar-refractivity contribution in [1.29, 1.82) is 0 Å². The van der Waals surface area contributed by atoms with Crippen LogP contribution in [-0.4, -0.2) is 12.4 Å². The third-order valence-corrected chi connectivity index (χ3v) is 4.78. The van der Waals surface area contributed by atoms with Crippen LogP contribution in [0.15, 0.2) is 30.3 Å². The molecule has 0 nitrogen and oxygen atoms in total. The summed E-state index contributed by atoms with van der Waals surface area (Å²) in [6.45, 7) is 0. The van der Waals surface area contributed by atoms with Gasteiger partial charge in [-0.25, -0.2) is 0 Å². The first-order valence-electron chi connectivity index (χ1n) is 2.30.